The fourth-order valence-electron chi connectivity index (χ4n) is 4.35. The molecule has 2 amide bonds. The minimum absolute atomic E-state index is 0.0847. The molecule has 206 valence electrons. The lowest BCUT2D eigenvalue weighted by molar-refractivity contribution is -0.114. The molecule has 0 bridgehead atoms. The minimum Gasteiger partial charge on any atom is -0.345 e. The molecule has 0 spiro atoms. The van der Waals surface area contributed by atoms with Gasteiger partial charge in [-0.3, -0.25) is 13.9 Å². The third kappa shape index (κ3) is 6.40. The summed E-state index contributed by atoms with van der Waals surface area (Å²) in [6, 6.07) is 27.8. The quantitative estimate of drug-likeness (QED) is 0.267. The summed E-state index contributed by atoms with van der Waals surface area (Å²) in [4.78, 5) is 26.6. The number of rotatable bonds is 9. The summed E-state index contributed by atoms with van der Waals surface area (Å²) in [5, 5.41) is 5.73. The van der Waals surface area contributed by atoms with Gasteiger partial charge < -0.3 is 10.6 Å². The van der Waals surface area contributed by atoms with Gasteiger partial charge in [-0.25, -0.2) is 8.42 Å². The number of para-hydroxylation sites is 1. The number of nitrogens with zero attached hydrogens (tertiary/aromatic N) is 1. The van der Waals surface area contributed by atoms with E-state index in [4.69, 9.17) is 0 Å². The third-order valence-corrected chi connectivity index (χ3v) is 8.61. The normalized spacial score (nSPS) is 11.9. The van der Waals surface area contributed by atoms with Crippen molar-refractivity contribution in [3.8, 4) is 0 Å². The molecule has 7 nitrogen and oxygen atoms in total. The van der Waals surface area contributed by atoms with Crippen LogP contribution in [0, 0.1) is 20.8 Å². The van der Waals surface area contributed by atoms with Crippen molar-refractivity contribution in [1.82, 2.24) is 5.32 Å². The second kappa shape index (κ2) is 12.2. The maximum absolute atomic E-state index is 13.8. The molecule has 8 heteroatoms. The van der Waals surface area contributed by atoms with E-state index in [1.165, 1.54) is 12.1 Å². The molecule has 4 aromatic rings. The Morgan fingerprint density at radius 2 is 1.45 bits per heavy atom. The summed E-state index contributed by atoms with van der Waals surface area (Å²) in [5.41, 5.74) is 4.50. The van der Waals surface area contributed by atoms with Crippen LogP contribution in [0.1, 0.15) is 45.6 Å². The van der Waals surface area contributed by atoms with Crippen molar-refractivity contribution in [3.63, 3.8) is 0 Å². The molecule has 0 aromatic heterocycles. The Bertz CT molecular complexity index is 1620. The van der Waals surface area contributed by atoms with Crippen LogP contribution >= 0.6 is 0 Å². The Hall–Kier alpha value is -4.43. The molecule has 0 saturated heterocycles. The zero-order valence-corrected chi connectivity index (χ0v) is 23.8. The van der Waals surface area contributed by atoms with Gasteiger partial charge in [0.1, 0.15) is 6.54 Å². The summed E-state index contributed by atoms with van der Waals surface area (Å²) in [5.74, 6) is -0.932. The monoisotopic (exact) mass is 555 g/mol. The zero-order chi connectivity index (χ0) is 28.9. The summed E-state index contributed by atoms with van der Waals surface area (Å²) in [7, 11) is -4.08. The van der Waals surface area contributed by atoms with Crippen LogP contribution < -0.4 is 14.9 Å². The van der Waals surface area contributed by atoms with Crippen LogP contribution in [0.2, 0.25) is 0 Å². The summed E-state index contributed by atoms with van der Waals surface area (Å²) in [6.07, 6.45) is 0. The van der Waals surface area contributed by atoms with E-state index in [1.54, 1.807) is 48.5 Å². The highest BCUT2D eigenvalue weighted by molar-refractivity contribution is 7.92. The molecule has 4 aromatic carbocycles. The minimum atomic E-state index is -4.08. The summed E-state index contributed by atoms with van der Waals surface area (Å²) < 4.78 is 28.7. The molecule has 0 fully saturated rings. The van der Waals surface area contributed by atoms with E-state index in [0.717, 1.165) is 26.6 Å². The van der Waals surface area contributed by atoms with E-state index in [0.29, 0.717) is 11.4 Å². The van der Waals surface area contributed by atoms with Crippen molar-refractivity contribution in [2.45, 2.75) is 38.6 Å². The highest BCUT2D eigenvalue weighted by Gasteiger charge is 2.29. The van der Waals surface area contributed by atoms with E-state index in [9.17, 15) is 18.0 Å². The maximum Gasteiger partial charge on any atom is 0.264 e. The molecule has 0 aliphatic heterocycles. The Balaban J connectivity index is 1.61. The van der Waals surface area contributed by atoms with E-state index in [1.807, 2.05) is 64.1 Å². The second-order valence-corrected chi connectivity index (χ2v) is 11.6. The lowest BCUT2D eigenvalue weighted by Crippen LogP contribution is -2.39. The third-order valence-electron chi connectivity index (χ3n) is 6.83. The maximum atomic E-state index is 13.8. The van der Waals surface area contributed by atoms with Crippen molar-refractivity contribution in [2.24, 2.45) is 0 Å². The number of benzene rings is 4. The van der Waals surface area contributed by atoms with Gasteiger partial charge in [0.05, 0.1) is 27.9 Å². The average Bonchev–Trinajstić information content (AvgIpc) is 2.94. The number of hydrogen-bond acceptors (Lipinski definition) is 4. The van der Waals surface area contributed by atoms with Crippen LogP contribution in [-0.2, 0) is 14.8 Å². The highest BCUT2D eigenvalue weighted by atomic mass is 32.2. The van der Waals surface area contributed by atoms with Gasteiger partial charge in [-0.15, -0.1) is 0 Å². The van der Waals surface area contributed by atoms with Crippen LogP contribution in [0.3, 0.4) is 0 Å². The summed E-state index contributed by atoms with van der Waals surface area (Å²) in [6.45, 7) is 7.00. The van der Waals surface area contributed by atoms with Gasteiger partial charge in [-0.05, 0) is 74.7 Å². The van der Waals surface area contributed by atoms with Crippen LogP contribution in [0.25, 0.3) is 0 Å². The number of nitrogens with one attached hydrogen (secondary N) is 2. The van der Waals surface area contributed by atoms with Gasteiger partial charge in [0, 0.05) is 0 Å². The topological polar surface area (TPSA) is 95.6 Å². The number of amides is 2. The smallest absolute Gasteiger partial charge is 0.264 e. The largest absolute Gasteiger partial charge is 0.345 e. The molecule has 0 saturated carbocycles. The van der Waals surface area contributed by atoms with E-state index < -0.39 is 22.5 Å². The Morgan fingerprint density at radius 1 is 0.800 bits per heavy atom. The van der Waals surface area contributed by atoms with Crippen molar-refractivity contribution in [3.05, 3.63) is 125 Å². The van der Waals surface area contributed by atoms with E-state index in [-0.39, 0.29) is 22.4 Å². The average molecular weight is 556 g/mol. The SMILES string of the molecule is Cc1ccc(S(=O)(=O)N(CC(=O)Nc2ccccc2C(=O)N[C@H](C)c2ccccc2)c2cccc(C)c2C)cc1. The van der Waals surface area contributed by atoms with Crippen molar-refractivity contribution in [1.29, 1.82) is 0 Å². The van der Waals surface area contributed by atoms with Crippen molar-refractivity contribution in [2.75, 3.05) is 16.2 Å². The molecule has 4 rings (SSSR count). The molecule has 40 heavy (non-hydrogen) atoms. The van der Waals surface area contributed by atoms with Gasteiger partial charge in [-0.1, -0.05) is 72.3 Å². The van der Waals surface area contributed by atoms with Gasteiger partial charge in [0.15, 0.2) is 0 Å². The number of carbonyl (C=O) groups is 2. The first-order chi connectivity index (χ1) is 19.1. The first-order valence-electron chi connectivity index (χ1n) is 13.0. The molecule has 0 heterocycles. The first kappa shape index (κ1) is 28.6. The van der Waals surface area contributed by atoms with E-state index >= 15 is 0 Å². The highest BCUT2D eigenvalue weighted by Crippen LogP contribution is 2.29. The first-order valence-corrected chi connectivity index (χ1v) is 14.4. The lowest BCUT2D eigenvalue weighted by Gasteiger charge is -2.26. The van der Waals surface area contributed by atoms with Crippen LogP contribution in [0.15, 0.2) is 102 Å². The van der Waals surface area contributed by atoms with Crippen LogP contribution in [0.5, 0.6) is 0 Å². The molecular formula is C32H33N3O4S. The number of anilines is 2. The fourth-order valence-corrected chi connectivity index (χ4v) is 5.83. The van der Waals surface area contributed by atoms with Gasteiger partial charge in [-0.2, -0.15) is 0 Å². The predicted molar refractivity (Wildman–Crippen MR) is 159 cm³/mol. The van der Waals surface area contributed by atoms with Crippen LogP contribution in [-0.4, -0.2) is 26.8 Å². The summed E-state index contributed by atoms with van der Waals surface area (Å²) >= 11 is 0. The zero-order valence-electron chi connectivity index (χ0n) is 23.0. The van der Waals surface area contributed by atoms with Crippen molar-refractivity contribution < 1.29 is 18.0 Å². The number of sulfonamides is 1. The predicted octanol–water partition coefficient (Wildman–Crippen LogP) is 5.94. The van der Waals surface area contributed by atoms with E-state index in [2.05, 4.69) is 10.6 Å². The molecule has 0 aliphatic rings. The van der Waals surface area contributed by atoms with Gasteiger partial charge >= 0.3 is 0 Å². The molecule has 0 aliphatic carbocycles. The molecule has 1 atom stereocenters. The Kier molecular flexibility index (Phi) is 8.70. The number of hydrogen-bond donors (Lipinski definition) is 2. The molecule has 2 N–H and O–H groups in total. The Morgan fingerprint density at radius 3 is 2.15 bits per heavy atom. The molecular weight excluding hydrogens is 522 g/mol. The van der Waals surface area contributed by atoms with Gasteiger partial charge in [0.2, 0.25) is 5.91 Å². The van der Waals surface area contributed by atoms with Crippen LogP contribution in [0.4, 0.5) is 11.4 Å². The van der Waals surface area contributed by atoms with Gasteiger partial charge in [0.25, 0.3) is 15.9 Å². The number of aryl methyl sites for hydroxylation is 2. The molecule has 0 unspecified atom stereocenters. The molecule has 0 radical (unpaired) electrons. The van der Waals surface area contributed by atoms with Crippen molar-refractivity contribution >= 4 is 33.2 Å². The fraction of sp³-hybridized carbons (Fsp3) is 0.188. The standard InChI is InChI=1S/C32H33N3O4S/c1-22-17-19-27(20-18-22)40(38,39)35(30-16-10-11-23(2)24(30)3)21-31(36)34-29-15-9-8-14-28(29)32(37)33-25(4)26-12-6-5-7-13-26/h5-20,25H,21H2,1-4H3,(H,33,37)(H,34,36)/t25-/m1/s1. The Labute approximate surface area is 235 Å². The number of carbonyl (C=O) groups excluding carboxylic acids is 2. The lowest BCUT2D eigenvalue weighted by atomic mass is 10.1. The second-order valence-electron chi connectivity index (χ2n) is 9.74.